The first-order valence-corrected chi connectivity index (χ1v) is 8.05. The maximum Gasteiger partial charge on any atom is 0.243 e. The van der Waals surface area contributed by atoms with Crippen molar-refractivity contribution in [2.45, 2.75) is 20.4 Å². The van der Waals surface area contributed by atoms with Crippen molar-refractivity contribution >= 4 is 5.91 Å². The summed E-state index contributed by atoms with van der Waals surface area (Å²) in [6, 6.07) is 10.6. The topological polar surface area (TPSA) is 35.6 Å². The SMILES string of the molecule is CC(C)=CC(=O)NCCN1CCN(Cc2ccccc2)CC1. The zero-order valence-electron chi connectivity index (χ0n) is 13.7. The minimum Gasteiger partial charge on any atom is -0.351 e. The smallest absolute Gasteiger partial charge is 0.243 e. The molecule has 120 valence electrons. The quantitative estimate of drug-likeness (QED) is 0.815. The molecule has 1 heterocycles. The summed E-state index contributed by atoms with van der Waals surface area (Å²) < 4.78 is 0. The van der Waals surface area contributed by atoms with Gasteiger partial charge in [-0.1, -0.05) is 35.9 Å². The van der Waals surface area contributed by atoms with Gasteiger partial charge in [-0.05, 0) is 19.4 Å². The number of hydrogen-bond acceptors (Lipinski definition) is 3. The summed E-state index contributed by atoms with van der Waals surface area (Å²) in [7, 11) is 0. The normalized spacial score (nSPS) is 16.3. The summed E-state index contributed by atoms with van der Waals surface area (Å²) in [6.45, 7) is 10.9. The highest BCUT2D eigenvalue weighted by atomic mass is 16.1. The van der Waals surface area contributed by atoms with Crippen LogP contribution in [0.15, 0.2) is 42.0 Å². The second-order valence-corrected chi connectivity index (χ2v) is 6.12. The van der Waals surface area contributed by atoms with E-state index in [4.69, 9.17) is 0 Å². The number of nitrogens with zero attached hydrogens (tertiary/aromatic N) is 2. The molecule has 1 aromatic carbocycles. The van der Waals surface area contributed by atoms with Gasteiger partial charge in [-0.25, -0.2) is 0 Å². The molecule has 0 unspecified atom stereocenters. The molecule has 0 spiro atoms. The summed E-state index contributed by atoms with van der Waals surface area (Å²) in [5.41, 5.74) is 2.41. The van der Waals surface area contributed by atoms with Crippen LogP contribution in [0.2, 0.25) is 0 Å². The second kappa shape index (κ2) is 8.71. The molecule has 2 rings (SSSR count). The molecule has 0 bridgehead atoms. The lowest BCUT2D eigenvalue weighted by Gasteiger charge is -2.34. The minimum absolute atomic E-state index is 0.0164. The molecule has 1 amide bonds. The maximum absolute atomic E-state index is 11.5. The van der Waals surface area contributed by atoms with E-state index in [1.165, 1.54) is 5.56 Å². The Bertz CT molecular complexity index is 486. The van der Waals surface area contributed by atoms with Crippen molar-refractivity contribution in [3.8, 4) is 0 Å². The Morgan fingerprint density at radius 1 is 1.09 bits per heavy atom. The number of allylic oxidation sites excluding steroid dienone is 1. The van der Waals surface area contributed by atoms with Crippen LogP contribution in [0.25, 0.3) is 0 Å². The van der Waals surface area contributed by atoms with Gasteiger partial charge in [0.25, 0.3) is 0 Å². The molecule has 0 aromatic heterocycles. The number of benzene rings is 1. The Labute approximate surface area is 133 Å². The molecule has 1 fully saturated rings. The van der Waals surface area contributed by atoms with Crippen LogP contribution in [-0.4, -0.2) is 55.0 Å². The number of hydrogen-bond donors (Lipinski definition) is 1. The van der Waals surface area contributed by atoms with Crippen LogP contribution in [0.3, 0.4) is 0 Å². The maximum atomic E-state index is 11.5. The first-order chi connectivity index (χ1) is 10.6. The number of carbonyl (C=O) groups is 1. The van der Waals surface area contributed by atoms with Gasteiger partial charge >= 0.3 is 0 Å². The van der Waals surface area contributed by atoms with Crippen LogP contribution in [0.5, 0.6) is 0 Å². The van der Waals surface area contributed by atoms with Crippen molar-refractivity contribution in [3.05, 3.63) is 47.5 Å². The first kappa shape index (κ1) is 16.7. The lowest BCUT2D eigenvalue weighted by Crippen LogP contribution is -2.47. The number of amides is 1. The van der Waals surface area contributed by atoms with E-state index >= 15 is 0 Å². The fraction of sp³-hybridized carbons (Fsp3) is 0.500. The van der Waals surface area contributed by atoms with Crippen molar-refractivity contribution in [1.82, 2.24) is 15.1 Å². The molecule has 4 nitrogen and oxygen atoms in total. The van der Waals surface area contributed by atoms with Gasteiger partial charge in [-0.15, -0.1) is 0 Å². The first-order valence-electron chi connectivity index (χ1n) is 8.05. The van der Waals surface area contributed by atoms with Crippen molar-refractivity contribution in [2.75, 3.05) is 39.3 Å². The van der Waals surface area contributed by atoms with Crippen LogP contribution in [0, 0.1) is 0 Å². The molecule has 0 aliphatic carbocycles. The average Bonchev–Trinajstić information content (AvgIpc) is 2.49. The Morgan fingerprint density at radius 3 is 2.36 bits per heavy atom. The largest absolute Gasteiger partial charge is 0.351 e. The van der Waals surface area contributed by atoms with E-state index < -0.39 is 0 Å². The molecule has 1 aliphatic rings. The van der Waals surface area contributed by atoms with Crippen LogP contribution >= 0.6 is 0 Å². The minimum atomic E-state index is 0.0164. The monoisotopic (exact) mass is 301 g/mol. The molecule has 0 saturated carbocycles. The third kappa shape index (κ3) is 6.00. The summed E-state index contributed by atoms with van der Waals surface area (Å²) in [5.74, 6) is 0.0164. The van der Waals surface area contributed by atoms with E-state index in [1.54, 1.807) is 6.08 Å². The summed E-state index contributed by atoms with van der Waals surface area (Å²) in [5, 5.41) is 2.94. The van der Waals surface area contributed by atoms with E-state index in [0.29, 0.717) is 0 Å². The van der Waals surface area contributed by atoms with E-state index in [-0.39, 0.29) is 5.91 Å². The standard InChI is InChI=1S/C18H27N3O/c1-16(2)14-18(22)19-8-9-20-10-12-21(13-11-20)15-17-6-4-3-5-7-17/h3-7,14H,8-13,15H2,1-2H3,(H,19,22). The van der Waals surface area contributed by atoms with Crippen molar-refractivity contribution in [2.24, 2.45) is 0 Å². The van der Waals surface area contributed by atoms with E-state index in [9.17, 15) is 4.79 Å². The van der Waals surface area contributed by atoms with E-state index in [0.717, 1.165) is 51.4 Å². The molecule has 1 aromatic rings. The average molecular weight is 301 g/mol. The highest BCUT2D eigenvalue weighted by Gasteiger charge is 2.16. The fourth-order valence-electron chi connectivity index (χ4n) is 2.66. The predicted octanol–water partition coefficient (Wildman–Crippen LogP) is 1.89. The van der Waals surface area contributed by atoms with Gasteiger partial charge in [0.05, 0.1) is 0 Å². The van der Waals surface area contributed by atoms with E-state index in [2.05, 4.69) is 45.4 Å². The van der Waals surface area contributed by atoms with Gasteiger partial charge in [0.15, 0.2) is 0 Å². The molecular weight excluding hydrogens is 274 g/mol. The van der Waals surface area contributed by atoms with Gasteiger partial charge in [-0.2, -0.15) is 0 Å². The highest BCUT2D eigenvalue weighted by Crippen LogP contribution is 2.07. The summed E-state index contributed by atoms with van der Waals surface area (Å²) >= 11 is 0. The Balaban J connectivity index is 1.63. The van der Waals surface area contributed by atoms with E-state index in [1.807, 2.05) is 13.8 Å². The van der Waals surface area contributed by atoms with Crippen LogP contribution in [0.4, 0.5) is 0 Å². The molecule has 1 saturated heterocycles. The summed E-state index contributed by atoms with van der Waals surface area (Å²) in [4.78, 5) is 16.5. The van der Waals surface area contributed by atoms with Crippen LogP contribution in [-0.2, 0) is 11.3 Å². The third-order valence-electron chi connectivity index (χ3n) is 3.86. The second-order valence-electron chi connectivity index (χ2n) is 6.12. The number of rotatable bonds is 6. The lowest BCUT2D eigenvalue weighted by molar-refractivity contribution is -0.116. The Morgan fingerprint density at radius 2 is 1.73 bits per heavy atom. The number of carbonyl (C=O) groups excluding carboxylic acids is 1. The molecule has 0 radical (unpaired) electrons. The molecule has 1 aliphatic heterocycles. The third-order valence-corrected chi connectivity index (χ3v) is 3.86. The van der Waals surface area contributed by atoms with Crippen molar-refractivity contribution in [3.63, 3.8) is 0 Å². The number of piperazine rings is 1. The fourth-order valence-corrected chi connectivity index (χ4v) is 2.66. The molecule has 22 heavy (non-hydrogen) atoms. The predicted molar refractivity (Wildman–Crippen MR) is 90.6 cm³/mol. The Kier molecular flexibility index (Phi) is 6.62. The van der Waals surface area contributed by atoms with Gasteiger partial charge in [0, 0.05) is 51.9 Å². The van der Waals surface area contributed by atoms with Gasteiger partial charge in [0.1, 0.15) is 0 Å². The molecule has 0 atom stereocenters. The van der Waals surface area contributed by atoms with Crippen LogP contribution < -0.4 is 5.32 Å². The van der Waals surface area contributed by atoms with Gasteiger partial charge < -0.3 is 5.32 Å². The summed E-state index contributed by atoms with van der Waals surface area (Å²) in [6.07, 6.45) is 1.65. The van der Waals surface area contributed by atoms with Gasteiger partial charge in [-0.3, -0.25) is 14.6 Å². The van der Waals surface area contributed by atoms with Crippen molar-refractivity contribution in [1.29, 1.82) is 0 Å². The lowest BCUT2D eigenvalue weighted by atomic mass is 10.2. The zero-order valence-corrected chi connectivity index (χ0v) is 13.7. The molecule has 4 heteroatoms. The molecular formula is C18H27N3O. The van der Waals surface area contributed by atoms with Crippen LogP contribution in [0.1, 0.15) is 19.4 Å². The van der Waals surface area contributed by atoms with Crippen molar-refractivity contribution < 1.29 is 4.79 Å². The van der Waals surface area contributed by atoms with Gasteiger partial charge in [0.2, 0.25) is 5.91 Å². The zero-order chi connectivity index (χ0) is 15.8. The Hall–Kier alpha value is -1.65. The molecule has 1 N–H and O–H groups in total. The highest BCUT2D eigenvalue weighted by molar-refractivity contribution is 5.87. The number of nitrogens with one attached hydrogen (secondary N) is 1.